The van der Waals surface area contributed by atoms with E-state index < -0.39 is 29.3 Å². The zero-order valence-corrected chi connectivity index (χ0v) is 11.7. The second-order valence-corrected chi connectivity index (χ2v) is 6.26. The highest BCUT2D eigenvalue weighted by molar-refractivity contribution is 6.05. The molecule has 1 spiro atoms. The van der Waals surface area contributed by atoms with Crippen LogP contribution in [0, 0.1) is 5.92 Å². The predicted molar refractivity (Wildman–Crippen MR) is 71.8 cm³/mol. The van der Waals surface area contributed by atoms with Gasteiger partial charge in [0.1, 0.15) is 5.66 Å². The van der Waals surface area contributed by atoms with Crippen LogP contribution in [0.15, 0.2) is 24.3 Å². The molecule has 2 aliphatic heterocycles. The number of nitrogens with one attached hydrogen (secondary N) is 1. The fraction of sp³-hybridized carbons (Fsp3) is 0.533. The predicted octanol–water partition coefficient (Wildman–Crippen LogP) is 1.93. The van der Waals surface area contributed by atoms with Crippen LogP contribution in [0.3, 0.4) is 0 Å². The smallest absolute Gasteiger partial charge is 0.372 e. The van der Waals surface area contributed by atoms with Gasteiger partial charge in [-0.3, -0.25) is 15.0 Å². The van der Waals surface area contributed by atoms with E-state index in [4.69, 9.17) is 0 Å². The number of rotatable bonds is 0. The zero-order valence-electron chi connectivity index (χ0n) is 11.7. The van der Waals surface area contributed by atoms with Crippen molar-refractivity contribution < 1.29 is 23.1 Å². The summed E-state index contributed by atoms with van der Waals surface area (Å²) < 4.78 is 40.6. The molecule has 1 aromatic carbocycles. The molecule has 7 heteroatoms. The van der Waals surface area contributed by atoms with E-state index in [1.165, 1.54) is 0 Å². The van der Waals surface area contributed by atoms with Gasteiger partial charge in [-0.25, -0.2) is 0 Å². The molecule has 1 aromatic rings. The maximum Gasteiger partial charge on any atom is 0.426 e. The fourth-order valence-electron chi connectivity index (χ4n) is 4.37. The number of halogens is 3. The average molecular weight is 312 g/mol. The minimum absolute atomic E-state index is 0.174. The summed E-state index contributed by atoms with van der Waals surface area (Å²) in [5.41, 5.74) is -3.21. The van der Waals surface area contributed by atoms with Crippen molar-refractivity contribution in [3.63, 3.8) is 0 Å². The number of anilines is 1. The number of aliphatic hydroxyl groups is 1. The molecule has 4 nitrogen and oxygen atoms in total. The van der Waals surface area contributed by atoms with Crippen molar-refractivity contribution in [3.05, 3.63) is 29.8 Å². The monoisotopic (exact) mass is 312 g/mol. The van der Waals surface area contributed by atoms with Gasteiger partial charge in [-0.15, -0.1) is 0 Å². The summed E-state index contributed by atoms with van der Waals surface area (Å²) in [5.74, 6) is -2.44. The van der Waals surface area contributed by atoms with E-state index >= 15 is 0 Å². The number of amides is 1. The maximum absolute atomic E-state index is 13.5. The van der Waals surface area contributed by atoms with Crippen LogP contribution in [-0.2, 0) is 11.3 Å². The topological polar surface area (TPSA) is 52.6 Å². The SMILES string of the molecule is O=C1N2c3ccccc3CN[C@]23CCC[C@@H]3[C@@]1(O)C(F)(F)F. The molecule has 3 aliphatic rings. The Labute approximate surface area is 124 Å². The van der Waals surface area contributed by atoms with Crippen LogP contribution in [0.5, 0.6) is 0 Å². The van der Waals surface area contributed by atoms with Crippen molar-refractivity contribution in [3.8, 4) is 0 Å². The van der Waals surface area contributed by atoms with Crippen LogP contribution in [0.25, 0.3) is 0 Å². The average Bonchev–Trinajstić information content (AvgIpc) is 2.96. The van der Waals surface area contributed by atoms with E-state index in [2.05, 4.69) is 5.32 Å². The molecule has 1 amide bonds. The molecular weight excluding hydrogens is 297 g/mol. The summed E-state index contributed by atoms with van der Waals surface area (Å²) in [4.78, 5) is 13.8. The van der Waals surface area contributed by atoms with Crippen molar-refractivity contribution in [2.75, 3.05) is 4.90 Å². The van der Waals surface area contributed by atoms with Gasteiger partial charge >= 0.3 is 6.18 Å². The Kier molecular flexibility index (Phi) is 2.56. The molecule has 2 heterocycles. The lowest BCUT2D eigenvalue weighted by Crippen LogP contribution is -2.60. The summed E-state index contributed by atoms with van der Waals surface area (Å²) in [6.07, 6.45) is -3.86. The molecule has 118 valence electrons. The molecule has 4 rings (SSSR count). The molecule has 3 atom stereocenters. The van der Waals surface area contributed by atoms with E-state index in [9.17, 15) is 23.1 Å². The van der Waals surface area contributed by atoms with Gasteiger partial charge in [0.15, 0.2) is 0 Å². The highest BCUT2D eigenvalue weighted by Crippen LogP contribution is 2.58. The van der Waals surface area contributed by atoms with Crippen LogP contribution in [0.1, 0.15) is 24.8 Å². The quantitative estimate of drug-likeness (QED) is 0.770. The molecule has 0 radical (unpaired) electrons. The first-order valence-electron chi connectivity index (χ1n) is 7.29. The Bertz CT molecular complexity index is 662. The van der Waals surface area contributed by atoms with Crippen molar-refractivity contribution in [1.29, 1.82) is 0 Å². The van der Waals surface area contributed by atoms with E-state index in [0.717, 1.165) is 10.5 Å². The van der Waals surface area contributed by atoms with Gasteiger partial charge < -0.3 is 5.11 Å². The maximum atomic E-state index is 13.5. The first kappa shape index (κ1) is 14.0. The van der Waals surface area contributed by atoms with E-state index in [0.29, 0.717) is 25.1 Å². The number of benzene rings is 1. The number of carbonyl (C=O) groups is 1. The summed E-state index contributed by atoms with van der Waals surface area (Å²) in [6, 6.07) is 6.89. The van der Waals surface area contributed by atoms with Crippen LogP contribution >= 0.6 is 0 Å². The molecule has 0 bridgehead atoms. The lowest BCUT2D eigenvalue weighted by Gasteiger charge is -2.44. The standard InChI is InChI=1S/C15H15F3N2O2/c16-15(17,18)14(22)11-6-3-7-13(11)19-8-9-4-1-2-5-10(9)20(13)12(14)21/h1-2,4-5,11,19,22H,3,6-8H2/t11-,13+,14-/m0/s1. The van der Waals surface area contributed by atoms with Crippen LogP contribution in [0.4, 0.5) is 18.9 Å². The third-order valence-corrected chi connectivity index (χ3v) is 5.31. The van der Waals surface area contributed by atoms with E-state index in [-0.39, 0.29) is 6.42 Å². The number of alkyl halides is 3. The number of carbonyl (C=O) groups excluding carboxylic acids is 1. The van der Waals surface area contributed by atoms with Gasteiger partial charge in [0.05, 0.1) is 5.69 Å². The molecule has 22 heavy (non-hydrogen) atoms. The normalized spacial score (nSPS) is 37.0. The number of para-hydroxylation sites is 1. The molecule has 1 saturated heterocycles. The summed E-state index contributed by atoms with van der Waals surface area (Å²) >= 11 is 0. The minimum atomic E-state index is -4.99. The first-order valence-corrected chi connectivity index (χ1v) is 7.29. The second-order valence-electron chi connectivity index (χ2n) is 6.26. The third-order valence-electron chi connectivity index (χ3n) is 5.31. The van der Waals surface area contributed by atoms with E-state index in [1.807, 2.05) is 0 Å². The van der Waals surface area contributed by atoms with Crippen LogP contribution in [-0.4, -0.2) is 28.5 Å². The first-order chi connectivity index (χ1) is 10.3. The Morgan fingerprint density at radius 1 is 1.32 bits per heavy atom. The molecular formula is C15H15F3N2O2. The molecule has 0 aromatic heterocycles. The number of fused-ring (bicyclic) bond motifs is 2. The van der Waals surface area contributed by atoms with Crippen molar-refractivity contribution in [2.45, 2.75) is 43.2 Å². The Morgan fingerprint density at radius 3 is 2.77 bits per heavy atom. The lowest BCUT2D eigenvalue weighted by molar-refractivity contribution is -0.262. The lowest BCUT2D eigenvalue weighted by atomic mass is 9.83. The highest BCUT2D eigenvalue weighted by atomic mass is 19.4. The number of hydrogen-bond donors (Lipinski definition) is 2. The van der Waals surface area contributed by atoms with Gasteiger partial charge in [0, 0.05) is 12.5 Å². The largest absolute Gasteiger partial charge is 0.426 e. The summed E-state index contributed by atoms with van der Waals surface area (Å²) in [6.45, 7) is 0.393. The van der Waals surface area contributed by atoms with Crippen molar-refractivity contribution in [2.24, 2.45) is 5.92 Å². The number of nitrogens with zero attached hydrogens (tertiary/aromatic N) is 1. The molecule has 0 unspecified atom stereocenters. The minimum Gasteiger partial charge on any atom is -0.372 e. The van der Waals surface area contributed by atoms with Crippen LogP contribution < -0.4 is 10.2 Å². The second kappa shape index (κ2) is 4.02. The zero-order chi connectivity index (χ0) is 15.8. The van der Waals surface area contributed by atoms with Gasteiger partial charge in [0.2, 0.25) is 5.60 Å². The third kappa shape index (κ3) is 1.39. The Morgan fingerprint density at radius 2 is 2.05 bits per heavy atom. The van der Waals surface area contributed by atoms with Crippen molar-refractivity contribution in [1.82, 2.24) is 5.32 Å². The van der Waals surface area contributed by atoms with E-state index in [1.54, 1.807) is 24.3 Å². The molecule has 2 N–H and O–H groups in total. The Hall–Kier alpha value is -1.60. The highest BCUT2D eigenvalue weighted by Gasteiger charge is 2.78. The number of hydrogen-bond acceptors (Lipinski definition) is 3. The molecule has 1 saturated carbocycles. The fourth-order valence-corrected chi connectivity index (χ4v) is 4.37. The molecule has 1 aliphatic carbocycles. The van der Waals surface area contributed by atoms with Crippen molar-refractivity contribution >= 4 is 11.6 Å². The van der Waals surface area contributed by atoms with Gasteiger partial charge in [-0.05, 0) is 30.9 Å². The van der Waals surface area contributed by atoms with Gasteiger partial charge in [-0.2, -0.15) is 13.2 Å². The summed E-state index contributed by atoms with van der Waals surface area (Å²) in [7, 11) is 0. The Balaban J connectivity index is 1.95. The van der Waals surface area contributed by atoms with Crippen LogP contribution in [0.2, 0.25) is 0 Å². The summed E-state index contributed by atoms with van der Waals surface area (Å²) in [5, 5.41) is 13.5. The van der Waals surface area contributed by atoms with Gasteiger partial charge in [-0.1, -0.05) is 18.2 Å². The molecule has 2 fully saturated rings. The van der Waals surface area contributed by atoms with Gasteiger partial charge in [0.25, 0.3) is 5.91 Å².